The monoisotopic (exact) mass is 484 g/mol. The number of halogens is 5. The number of aliphatic carboxylic acids is 1. The highest BCUT2D eigenvalue weighted by molar-refractivity contribution is 6.05. The second-order valence-corrected chi connectivity index (χ2v) is 7.81. The molecule has 2 atom stereocenters. The van der Waals surface area contributed by atoms with Crippen molar-refractivity contribution in [1.29, 1.82) is 0 Å². The minimum absolute atomic E-state index is 0.0472. The number of benzene rings is 2. The van der Waals surface area contributed by atoms with Crippen LogP contribution in [0.15, 0.2) is 30.3 Å². The van der Waals surface area contributed by atoms with Crippen LogP contribution in [0.3, 0.4) is 0 Å². The summed E-state index contributed by atoms with van der Waals surface area (Å²) in [5.74, 6) is -9.18. The molecule has 0 aliphatic carbocycles. The molecular weight excluding hydrogens is 465 g/mol. The molecule has 0 aliphatic rings. The molecule has 0 saturated carbocycles. The number of fused-ring (bicyclic) bond motifs is 1. The summed E-state index contributed by atoms with van der Waals surface area (Å²) in [7, 11) is 0. The van der Waals surface area contributed by atoms with Crippen LogP contribution >= 0.6 is 0 Å². The number of phenolic OH excluding ortho intramolecular Hbond substituents is 1. The van der Waals surface area contributed by atoms with Crippen LogP contribution in [-0.4, -0.2) is 27.9 Å². The van der Waals surface area contributed by atoms with E-state index in [-0.39, 0.29) is 22.3 Å². The van der Waals surface area contributed by atoms with E-state index >= 15 is 4.39 Å². The first kappa shape index (κ1) is 25.0. The third-order valence-corrected chi connectivity index (χ3v) is 5.72. The first-order valence-corrected chi connectivity index (χ1v) is 10.1. The molecule has 34 heavy (non-hydrogen) atoms. The van der Waals surface area contributed by atoms with Gasteiger partial charge in [0.2, 0.25) is 0 Å². The van der Waals surface area contributed by atoms with Gasteiger partial charge in [-0.3, -0.25) is 9.36 Å². The Bertz CT molecular complexity index is 1260. The first-order chi connectivity index (χ1) is 15.8. The summed E-state index contributed by atoms with van der Waals surface area (Å²) < 4.78 is 71.1. The topological polar surface area (TPSA) is 91.6 Å². The lowest BCUT2D eigenvalue weighted by atomic mass is 9.84. The van der Waals surface area contributed by atoms with Gasteiger partial charge in [-0.25, -0.2) is 8.78 Å². The van der Waals surface area contributed by atoms with Gasteiger partial charge in [0.15, 0.2) is 17.4 Å². The predicted molar refractivity (Wildman–Crippen MR) is 108 cm³/mol. The minimum Gasteiger partial charge on any atom is -0.549 e. The molecule has 0 fully saturated rings. The van der Waals surface area contributed by atoms with Gasteiger partial charge in [0.1, 0.15) is 5.75 Å². The minimum atomic E-state index is -4.94. The zero-order valence-corrected chi connectivity index (χ0v) is 18.2. The number of nitrogens with zero attached hydrogens (tertiary/aromatic N) is 1. The van der Waals surface area contributed by atoms with E-state index in [1.807, 2.05) is 0 Å². The number of hydrogen-bond donors (Lipinski definition) is 1. The quantitative estimate of drug-likeness (QED) is 0.524. The molecule has 0 saturated heterocycles. The molecule has 0 aliphatic heterocycles. The van der Waals surface area contributed by atoms with E-state index in [0.29, 0.717) is 12.5 Å². The highest BCUT2D eigenvalue weighted by Crippen LogP contribution is 2.41. The molecule has 1 unspecified atom stereocenters. The average molecular weight is 484 g/mol. The van der Waals surface area contributed by atoms with Crippen LogP contribution in [-0.2, 0) is 4.79 Å². The lowest BCUT2D eigenvalue weighted by molar-refractivity contribution is -0.309. The smallest absolute Gasteiger partial charge is 0.549 e. The summed E-state index contributed by atoms with van der Waals surface area (Å²) in [5.41, 5.74) is -0.726. The summed E-state index contributed by atoms with van der Waals surface area (Å²) in [6.45, 7) is 4.59. The number of carbonyl (C=O) groups is 2. The Labute approximate surface area is 190 Å². The Balaban J connectivity index is 2.27. The van der Waals surface area contributed by atoms with Gasteiger partial charge < -0.3 is 19.7 Å². The van der Waals surface area contributed by atoms with Crippen molar-refractivity contribution in [1.82, 2.24) is 4.57 Å². The number of hydrogen-bond acceptors (Lipinski definition) is 5. The van der Waals surface area contributed by atoms with Crippen molar-refractivity contribution >= 4 is 22.8 Å². The molecule has 1 N–H and O–H groups in total. The number of carboxylic acid groups (broad SMARTS) is 1. The lowest BCUT2D eigenvalue weighted by Gasteiger charge is -2.25. The van der Waals surface area contributed by atoms with E-state index in [0.717, 1.165) is 28.8 Å². The van der Waals surface area contributed by atoms with Gasteiger partial charge in [-0.05, 0) is 42.7 Å². The van der Waals surface area contributed by atoms with E-state index < -0.39 is 58.6 Å². The lowest BCUT2D eigenvalue weighted by Crippen LogP contribution is -2.34. The standard InChI is InChI=1S/C23H20F5NO5/c1-4-10(2)16(22(32)33)17-11(3)29(15-9-14(24)20(30)19(25)18(15)17)21(31)12-5-7-13(8-6-12)34-23(26,27)28/h5-10,16,30H,4H2,1-3H3,(H,32,33)/p-1/t10?,16-/m0/s1. The average Bonchev–Trinajstić information content (AvgIpc) is 3.02. The van der Waals surface area contributed by atoms with Gasteiger partial charge in [-0.15, -0.1) is 13.2 Å². The maximum absolute atomic E-state index is 15.0. The van der Waals surface area contributed by atoms with Gasteiger partial charge in [0, 0.05) is 34.6 Å². The Kier molecular flexibility index (Phi) is 6.59. The van der Waals surface area contributed by atoms with Crippen LogP contribution in [0.25, 0.3) is 10.9 Å². The van der Waals surface area contributed by atoms with Gasteiger partial charge >= 0.3 is 6.36 Å². The van der Waals surface area contributed by atoms with Gasteiger partial charge in [0.05, 0.1) is 5.52 Å². The van der Waals surface area contributed by atoms with Crippen LogP contribution in [0.4, 0.5) is 22.0 Å². The second-order valence-electron chi connectivity index (χ2n) is 7.81. The van der Waals surface area contributed by atoms with Gasteiger partial charge in [-0.1, -0.05) is 20.3 Å². The Morgan fingerprint density at radius 3 is 2.26 bits per heavy atom. The molecule has 0 bridgehead atoms. The summed E-state index contributed by atoms with van der Waals surface area (Å²) in [5, 5.41) is 21.3. The van der Waals surface area contributed by atoms with E-state index in [1.54, 1.807) is 13.8 Å². The fraction of sp³-hybridized carbons (Fsp3) is 0.304. The first-order valence-electron chi connectivity index (χ1n) is 10.1. The number of aromatic hydroxyl groups is 1. The van der Waals surface area contributed by atoms with Crippen molar-refractivity contribution in [2.24, 2.45) is 5.92 Å². The molecule has 2 aromatic carbocycles. The van der Waals surface area contributed by atoms with Crippen molar-refractivity contribution in [2.45, 2.75) is 39.5 Å². The Hall–Kier alpha value is -3.63. The number of carbonyl (C=O) groups excluding carboxylic acids is 2. The SMILES string of the molecule is CCC(C)[C@H](C(=O)[O-])c1c(C)n(C(=O)c2ccc(OC(F)(F)F)cc2)c2cc(F)c(O)c(F)c12. The molecule has 6 nitrogen and oxygen atoms in total. The number of rotatable bonds is 6. The molecule has 11 heteroatoms. The summed E-state index contributed by atoms with van der Waals surface area (Å²) in [4.78, 5) is 25.2. The molecule has 1 aromatic heterocycles. The summed E-state index contributed by atoms with van der Waals surface area (Å²) in [6.07, 6.45) is -4.60. The number of phenols is 1. The molecule has 0 amide bonds. The van der Waals surface area contributed by atoms with Gasteiger partial charge in [-0.2, -0.15) is 0 Å². The van der Waals surface area contributed by atoms with Crippen LogP contribution in [0, 0.1) is 24.5 Å². The molecular formula is C23H19F5NO5-. The molecule has 182 valence electrons. The second kappa shape index (κ2) is 8.96. The largest absolute Gasteiger partial charge is 0.573 e. The third-order valence-electron chi connectivity index (χ3n) is 5.72. The van der Waals surface area contributed by atoms with E-state index in [1.165, 1.54) is 6.92 Å². The fourth-order valence-corrected chi connectivity index (χ4v) is 3.95. The van der Waals surface area contributed by atoms with E-state index in [2.05, 4.69) is 4.74 Å². The van der Waals surface area contributed by atoms with Crippen LogP contribution in [0.2, 0.25) is 0 Å². The van der Waals surface area contributed by atoms with Gasteiger partial charge in [0.25, 0.3) is 5.91 Å². The Morgan fingerprint density at radius 2 is 1.76 bits per heavy atom. The highest BCUT2D eigenvalue weighted by Gasteiger charge is 2.33. The maximum atomic E-state index is 15.0. The number of carboxylic acids is 1. The fourth-order valence-electron chi connectivity index (χ4n) is 3.95. The highest BCUT2D eigenvalue weighted by atomic mass is 19.4. The van der Waals surface area contributed by atoms with Crippen molar-refractivity contribution in [2.75, 3.05) is 0 Å². The molecule has 1 heterocycles. The summed E-state index contributed by atoms with van der Waals surface area (Å²) in [6, 6.07) is 4.50. The molecule has 3 rings (SSSR count). The van der Waals surface area contributed by atoms with Crippen molar-refractivity contribution in [3.8, 4) is 11.5 Å². The number of alkyl halides is 3. The predicted octanol–water partition coefficient (Wildman–Crippen LogP) is 4.40. The zero-order chi connectivity index (χ0) is 25.5. The van der Waals surface area contributed by atoms with E-state index in [9.17, 15) is 37.4 Å². The van der Waals surface area contributed by atoms with Crippen molar-refractivity contribution in [3.05, 3.63) is 58.8 Å². The zero-order valence-electron chi connectivity index (χ0n) is 18.2. The third kappa shape index (κ3) is 4.42. The number of aromatic nitrogens is 1. The van der Waals surface area contributed by atoms with Crippen LogP contribution in [0.5, 0.6) is 11.5 Å². The van der Waals surface area contributed by atoms with Crippen LogP contribution < -0.4 is 9.84 Å². The number of ether oxygens (including phenoxy) is 1. The normalized spacial score (nSPS) is 13.6. The maximum Gasteiger partial charge on any atom is 0.573 e. The van der Waals surface area contributed by atoms with Crippen molar-refractivity contribution < 1.29 is 46.5 Å². The molecule has 3 aromatic rings. The summed E-state index contributed by atoms with van der Waals surface area (Å²) >= 11 is 0. The van der Waals surface area contributed by atoms with Crippen LogP contribution in [0.1, 0.15) is 47.8 Å². The Morgan fingerprint density at radius 1 is 1.18 bits per heavy atom. The van der Waals surface area contributed by atoms with Crippen molar-refractivity contribution in [3.63, 3.8) is 0 Å². The molecule has 0 spiro atoms. The van der Waals surface area contributed by atoms with E-state index in [4.69, 9.17) is 0 Å². The molecule has 0 radical (unpaired) electrons.